The second-order valence-corrected chi connectivity index (χ2v) is 26.4. The van der Waals surface area contributed by atoms with Crippen LogP contribution in [0.25, 0.3) is 27.6 Å². The minimum atomic E-state index is -3.10. The van der Waals surface area contributed by atoms with E-state index in [0.717, 1.165) is 16.9 Å². The highest BCUT2D eigenvalue weighted by atomic mass is 28.3. The molecule has 0 atom stereocenters. The van der Waals surface area contributed by atoms with Crippen LogP contribution in [0.1, 0.15) is 76.3 Å². The van der Waals surface area contributed by atoms with Crippen LogP contribution in [0.3, 0.4) is 0 Å². The van der Waals surface area contributed by atoms with Crippen LogP contribution in [0, 0.1) is 0 Å². The molecule has 2 aromatic heterocycles. The Balaban J connectivity index is 1.06. The zero-order chi connectivity index (χ0) is 51.5. The molecule has 5 heteroatoms. The van der Waals surface area contributed by atoms with Crippen molar-refractivity contribution in [2.24, 2.45) is 0 Å². The van der Waals surface area contributed by atoms with E-state index in [9.17, 15) is 0 Å². The van der Waals surface area contributed by atoms with Crippen LogP contribution in [-0.2, 0) is 16.2 Å². The van der Waals surface area contributed by atoms with E-state index in [1.807, 2.05) is 6.20 Å². The molecule has 0 fully saturated rings. The van der Waals surface area contributed by atoms with Crippen molar-refractivity contribution >= 4 is 73.4 Å². The van der Waals surface area contributed by atoms with E-state index >= 15 is 0 Å². The van der Waals surface area contributed by atoms with Gasteiger partial charge in [0.2, 0.25) is 0 Å². The van der Waals surface area contributed by atoms with Gasteiger partial charge in [0.15, 0.2) is 8.07 Å². The zero-order valence-corrected chi connectivity index (χ0v) is 45.2. The molecule has 0 amide bonds. The number of hydrogen-bond donors (Lipinski definition) is 0. The minimum absolute atomic E-state index is 0.00379. The van der Waals surface area contributed by atoms with Gasteiger partial charge in [0.05, 0.1) is 22.4 Å². The molecule has 75 heavy (non-hydrogen) atoms. The fourth-order valence-electron chi connectivity index (χ4n) is 11.9. The van der Waals surface area contributed by atoms with Crippen molar-refractivity contribution in [3.63, 3.8) is 0 Å². The number of pyridine rings is 1. The van der Waals surface area contributed by atoms with Gasteiger partial charge in [-0.15, -0.1) is 0 Å². The van der Waals surface area contributed by atoms with Gasteiger partial charge < -0.3 is 9.80 Å². The lowest BCUT2D eigenvalue weighted by Crippen LogP contribution is -2.74. The number of nitrogens with zero attached hydrogens (tertiary/aromatic N) is 4. The maximum atomic E-state index is 5.25. The number of hydrogen-bond acceptors (Lipinski definition) is 3. The Morgan fingerprint density at radius 1 is 0.360 bits per heavy atom. The second kappa shape index (κ2) is 18.6. The van der Waals surface area contributed by atoms with E-state index < -0.39 is 13.5 Å². The quantitative estimate of drug-likeness (QED) is 0.101. The van der Waals surface area contributed by atoms with Crippen molar-refractivity contribution in [3.8, 4) is 5.82 Å². The first-order chi connectivity index (χ1) is 36.3. The minimum Gasteiger partial charge on any atom is -0.321 e. The summed E-state index contributed by atoms with van der Waals surface area (Å²) >= 11 is 0. The Bertz CT molecular complexity index is 3740. The number of anilines is 4. The third-order valence-electron chi connectivity index (χ3n) is 16.1. The average molecular weight is 989 g/mol. The van der Waals surface area contributed by atoms with E-state index in [0.29, 0.717) is 6.67 Å². The molecule has 11 aromatic rings. The van der Waals surface area contributed by atoms with Crippen molar-refractivity contribution in [2.45, 2.75) is 64.7 Å². The normalized spacial score (nSPS) is 13.2. The van der Waals surface area contributed by atoms with E-state index in [2.05, 4.69) is 305 Å². The molecule has 0 bridgehead atoms. The third kappa shape index (κ3) is 8.18. The molecular formula is C70H64N4Si. The summed E-state index contributed by atoms with van der Waals surface area (Å²) in [6.45, 7) is 17.0. The first-order valence-corrected chi connectivity index (χ1v) is 28.5. The van der Waals surface area contributed by atoms with Gasteiger partial charge in [-0.1, -0.05) is 224 Å². The Morgan fingerprint density at radius 3 is 1.44 bits per heavy atom. The number of para-hydroxylation sites is 3. The molecule has 3 heterocycles. The largest absolute Gasteiger partial charge is 0.321 e. The van der Waals surface area contributed by atoms with Crippen molar-refractivity contribution < 1.29 is 0 Å². The van der Waals surface area contributed by atoms with Crippen molar-refractivity contribution in [2.75, 3.05) is 16.5 Å². The van der Waals surface area contributed by atoms with Crippen molar-refractivity contribution in [1.29, 1.82) is 0 Å². The molecule has 0 aliphatic carbocycles. The van der Waals surface area contributed by atoms with Crippen LogP contribution in [0.5, 0.6) is 0 Å². The zero-order valence-electron chi connectivity index (χ0n) is 44.2. The summed E-state index contributed by atoms with van der Waals surface area (Å²) < 4.78 is 2.41. The van der Waals surface area contributed by atoms with Gasteiger partial charge in [0.1, 0.15) is 12.5 Å². The molecule has 9 aromatic carbocycles. The van der Waals surface area contributed by atoms with Gasteiger partial charge in [0.25, 0.3) is 0 Å². The van der Waals surface area contributed by atoms with E-state index in [1.165, 1.54) is 82.1 Å². The summed E-state index contributed by atoms with van der Waals surface area (Å²) in [7, 11) is -3.10. The molecule has 12 rings (SSSR count). The van der Waals surface area contributed by atoms with Crippen molar-refractivity contribution in [3.05, 3.63) is 277 Å². The number of fused-ring (bicyclic) bond motifs is 4. The molecular weight excluding hydrogens is 925 g/mol. The topological polar surface area (TPSA) is 24.3 Å². The van der Waals surface area contributed by atoms with Crippen molar-refractivity contribution in [1.82, 2.24) is 9.55 Å². The number of aromatic nitrogens is 2. The first-order valence-electron chi connectivity index (χ1n) is 26.5. The fraction of sp³-hybridized carbons (Fsp3) is 0.157. The highest BCUT2D eigenvalue weighted by Crippen LogP contribution is 2.46. The van der Waals surface area contributed by atoms with E-state index in [-0.39, 0.29) is 10.8 Å². The Morgan fingerprint density at radius 2 is 0.853 bits per heavy atom. The van der Waals surface area contributed by atoms with Gasteiger partial charge in [-0.05, 0) is 127 Å². The summed E-state index contributed by atoms with van der Waals surface area (Å²) in [5, 5.41) is 7.69. The maximum Gasteiger partial charge on any atom is 0.179 e. The highest BCUT2D eigenvalue weighted by molar-refractivity contribution is 7.20. The van der Waals surface area contributed by atoms with Crippen LogP contribution in [0.15, 0.2) is 249 Å². The average Bonchev–Trinajstić information content (AvgIpc) is 4.00. The van der Waals surface area contributed by atoms with E-state index in [4.69, 9.17) is 4.98 Å². The Kier molecular flexibility index (Phi) is 11.8. The van der Waals surface area contributed by atoms with Crippen LogP contribution in [-0.4, -0.2) is 24.3 Å². The summed E-state index contributed by atoms with van der Waals surface area (Å²) in [6, 6.07) is 90.8. The third-order valence-corrected chi connectivity index (χ3v) is 20.8. The first kappa shape index (κ1) is 47.7. The van der Waals surface area contributed by atoms with Gasteiger partial charge >= 0.3 is 0 Å². The molecule has 368 valence electrons. The monoisotopic (exact) mass is 988 g/mol. The molecule has 1 aliphatic heterocycles. The predicted molar refractivity (Wildman–Crippen MR) is 320 cm³/mol. The molecule has 0 saturated heterocycles. The lowest BCUT2D eigenvalue weighted by Gasteiger charge is -2.35. The molecule has 0 unspecified atom stereocenters. The SMILES string of the molecule is CC(C)(C)c1cc(N2CN(c3cccc([Si](c4ccccc4)(c4ccccc4)c4ccc5c6ccccc6n(-c6cc(C(C)(c7ccccc7)c7ccccc7)ccn6)c5c4)c3)c3ccccc32)cc(C(C)(C)C)c1. The van der Waals surface area contributed by atoms with Gasteiger partial charge in [0, 0.05) is 33.8 Å². The van der Waals surface area contributed by atoms with Gasteiger partial charge in [-0.25, -0.2) is 4.98 Å². The second-order valence-electron chi connectivity index (χ2n) is 22.6. The Hall–Kier alpha value is -8.25. The van der Waals surface area contributed by atoms with E-state index in [1.54, 1.807) is 0 Å². The van der Waals surface area contributed by atoms with Gasteiger partial charge in [-0.3, -0.25) is 4.57 Å². The lowest BCUT2D eigenvalue weighted by atomic mass is 9.71. The Labute approximate surface area is 444 Å². The fourth-order valence-corrected chi connectivity index (χ4v) is 16.7. The molecule has 0 N–H and O–H groups in total. The highest BCUT2D eigenvalue weighted by Gasteiger charge is 2.43. The van der Waals surface area contributed by atoms with Crippen LogP contribution >= 0.6 is 0 Å². The maximum absolute atomic E-state index is 5.25. The summed E-state index contributed by atoms with van der Waals surface area (Å²) in [4.78, 5) is 10.3. The standard InChI is InChI=1S/C70H64N4Si/c1-68(2,3)53-43-54(69(4,5)6)45-56(44-53)73-49-72(64-37-22-23-38-65(64)73)55-29-24-34-59(47-55)75(57-30-16-10-17-31-57,58-32-18-11-19-33-58)60-39-40-62-61-35-20-21-36-63(61)74(66(62)48-60)67-46-52(41-42-71-67)70(7,50-25-12-8-13-26-50)51-27-14-9-15-28-51/h8-48H,49H2,1-7H3. The number of rotatable bonds is 10. The van der Waals surface area contributed by atoms with Crippen LogP contribution in [0.4, 0.5) is 22.7 Å². The molecule has 4 nitrogen and oxygen atoms in total. The summed E-state index contributed by atoms with van der Waals surface area (Å²) in [5.41, 5.74) is 13.0. The summed E-state index contributed by atoms with van der Waals surface area (Å²) in [5.74, 6) is 0.891. The molecule has 0 saturated carbocycles. The molecule has 0 radical (unpaired) electrons. The number of benzene rings is 9. The smallest absolute Gasteiger partial charge is 0.179 e. The molecule has 1 aliphatic rings. The predicted octanol–water partition coefficient (Wildman–Crippen LogP) is 14.8. The lowest BCUT2D eigenvalue weighted by molar-refractivity contribution is 0.568. The van der Waals surface area contributed by atoms with Crippen LogP contribution in [0.2, 0.25) is 0 Å². The van der Waals surface area contributed by atoms with Crippen LogP contribution < -0.4 is 30.5 Å². The summed E-state index contributed by atoms with van der Waals surface area (Å²) in [6.07, 6.45) is 2.00. The van der Waals surface area contributed by atoms with Gasteiger partial charge in [-0.2, -0.15) is 0 Å². The molecule has 0 spiro atoms.